The van der Waals surface area contributed by atoms with Gasteiger partial charge < -0.3 is 9.47 Å². The largest absolute Gasteiger partial charge is 0.368 e. The van der Waals surface area contributed by atoms with Crippen molar-refractivity contribution >= 4 is 16.6 Å². The number of anilines is 1. The SMILES string of the molecule is Cc1cc(CN(Cc2cn(C)c3ccccc3c2=O)[C@H]2C[C@@H](C)CN(c3cccnc3)C2)ccn1. The second kappa shape index (κ2) is 10.0. The fourth-order valence-corrected chi connectivity index (χ4v) is 5.43. The Bertz CT molecular complexity index is 1370. The van der Waals surface area contributed by atoms with Gasteiger partial charge in [-0.15, -0.1) is 0 Å². The number of aryl methyl sites for hydroxylation is 2. The number of nitrogens with zero attached hydrogens (tertiary/aromatic N) is 5. The molecule has 5 rings (SSSR count). The molecule has 0 bridgehead atoms. The third kappa shape index (κ3) is 5.13. The maximum absolute atomic E-state index is 13.5. The molecule has 2 atom stereocenters. The van der Waals surface area contributed by atoms with E-state index < -0.39 is 0 Å². The van der Waals surface area contributed by atoms with Crippen LogP contribution in [-0.4, -0.2) is 38.6 Å². The van der Waals surface area contributed by atoms with E-state index in [9.17, 15) is 4.79 Å². The molecule has 1 aliphatic heterocycles. The Morgan fingerprint density at radius 1 is 1.06 bits per heavy atom. The molecule has 0 unspecified atom stereocenters. The highest BCUT2D eigenvalue weighted by Gasteiger charge is 2.30. The summed E-state index contributed by atoms with van der Waals surface area (Å²) in [6.45, 7) is 7.66. The van der Waals surface area contributed by atoms with E-state index >= 15 is 0 Å². The first-order chi connectivity index (χ1) is 17.0. The number of hydrogen-bond acceptors (Lipinski definition) is 5. The number of pyridine rings is 3. The monoisotopic (exact) mass is 467 g/mol. The minimum Gasteiger partial charge on any atom is -0.368 e. The summed E-state index contributed by atoms with van der Waals surface area (Å²) < 4.78 is 2.08. The van der Waals surface area contributed by atoms with Crippen molar-refractivity contribution < 1.29 is 0 Å². The zero-order valence-electron chi connectivity index (χ0n) is 20.8. The molecule has 180 valence electrons. The van der Waals surface area contributed by atoms with Gasteiger partial charge in [0.15, 0.2) is 5.43 Å². The summed E-state index contributed by atoms with van der Waals surface area (Å²) in [6.07, 6.45) is 8.76. The molecule has 6 nitrogen and oxygen atoms in total. The molecule has 4 aromatic rings. The average Bonchev–Trinajstić information content (AvgIpc) is 2.87. The van der Waals surface area contributed by atoms with Gasteiger partial charge in [0.2, 0.25) is 0 Å². The van der Waals surface area contributed by atoms with Gasteiger partial charge in [-0.25, -0.2) is 0 Å². The molecule has 3 aromatic heterocycles. The second-order valence-electron chi connectivity index (χ2n) is 9.93. The predicted molar refractivity (Wildman–Crippen MR) is 141 cm³/mol. The van der Waals surface area contributed by atoms with Crippen LogP contribution < -0.4 is 10.3 Å². The smallest absolute Gasteiger partial charge is 0.193 e. The van der Waals surface area contributed by atoms with E-state index in [2.05, 4.69) is 49.5 Å². The molecular formula is C29H33N5O. The average molecular weight is 468 g/mol. The van der Waals surface area contributed by atoms with Gasteiger partial charge in [0.1, 0.15) is 0 Å². The zero-order chi connectivity index (χ0) is 24.4. The molecule has 1 saturated heterocycles. The van der Waals surface area contributed by atoms with Crippen LogP contribution in [0.25, 0.3) is 10.9 Å². The van der Waals surface area contributed by atoms with Gasteiger partial charge in [0.25, 0.3) is 0 Å². The Morgan fingerprint density at radius 2 is 1.91 bits per heavy atom. The Kier molecular flexibility index (Phi) is 6.64. The highest BCUT2D eigenvalue weighted by atomic mass is 16.1. The van der Waals surface area contributed by atoms with Crippen LogP contribution in [0.15, 0.2) is 78.1 Å². The van der Waals surface area contributed by atoms with Gasteiger partial charge in [0.05, 0.1) is 17.4 Å². The van der Waals surface area contributed by atoms with Gasteiger partial charge in [-0.05, 0) is 61.2 Å². The molecule has 0 spiro atoms. The number of fused-ring (bicyclic) bond motifs is 1. The highest BCUT2D eigenvalue weighted by molar-refractivity contribution is 5.79. The van der Waals surface area contributed by atoms with E-state index in [1.165, 1.54) is 5.56 Å². The normalized spacial score (nSPS) is 18.3. The lowest BCUT2D eigenvalue weighted by Gasteiger charge is -2.43. The topological polar surface area (TPSA) is 54.3 Å². The second-order valence-corrected chi connectivity index (χ2v) is 9.93. The van der Waals surface area contributed by atoms with Gasteiger partial charge in [-0.2, -0.15) is 0 Å². The number of benzene rings is 1. The zero-order valence-corrected chi connectivity index (χ0v) is 20.8. The van der Waals surface area contributed by atoms with Gasteiger partial charge in [-0.1, -0.05) is 19.1 Å². The number of piperidine rings is 1. The predicted octanol–water partition coefficient (Wildman–Crippen LogP) is 4.55. The molecular weight excluding hydrogens is 434 g/mol. The Labute approximate surface area is 206 Å². The maximum atomic E-state index is 13.5. The number of rotatable bonds is 6. The lowest BCUT2D eigenvalue weighted by atomic mass is 9.93. The van der Waals surface area contributed by atoms with E-state index in [1.807, 2.05) is 69.1 Å². The van der Waals surface area contributed by atoms with Crippen LogP contribution in [-0.2, 0) is 20.1 Å². The maximum Gasteiger partial charge on any atom is 0.193 e. The fraction of sp³-hybridized carbons (Fsp3) is 0.345. The van der Waals surface area contributed by atoms with Gasteiger partial charge in [-0.3, -0.25) is 19.7 Å². The van der Waals surface area contributed by atoms with Crippen molar-refractivity contribution in [3.63, 3.8) is 0 Å². The van der Waals surface area contributed by atoms with E-state index in [-0.39, 0.29) is 5.43 Å². The lowest BCUT2D eigenvalue weighted by Crippen LogP contribution is -2.50. The Morgan fingerprint density at radius 3 is 2.71 bits per heavy atom. The summed E-state index contributed by atoms with van der Waals surface area (Å²) in [5.74, 6) is 0.537. The molecule has 0 N–H and O–H groups in total. The van der Waals surface area contributed by atoms with E-state index in [0.29, 0.717) is 18.5 Å². The van der Waals surface area contributed by atoms with Crippen LogP contribution >= 0.6 is 0 Å². The minimum atomic E-state index is 0.127. The first kappa shape index (κ1) is 23.2. The molecule has 1 aromatic carbocycles. The van der Waals surface area contributed by atoms with Crippen LogP contribution in [0.4, 0.5) is 5.69 Å². The van der Waals surface area contributed by atoms with E-state index in [1.54, 1.807) is 0 Å². The first-order valence-corrected chi connectivity index (χ1v) is 12.4. The lowest BCUT2D eigenvalue weighted by molar-refractivity contribution is 0.141. The highest BCUT2D eigenvalue weighted by Crippen LogP contribution is 2.27. The molecule has 4 heterocycles. The van der Waals surface area contributed by atoms with E-state index in [0.717, 1.165) is 53.9 Å². The third-order valence-electron chi connectivity index (χ3n) is 7.06. The van der Waals surface area contributed by atoms with Crippen LogP contribution in [0.2, 0.25) is 0 Å². The van der Waals surface area contributed by atoms with Crippen LogP contribution in [0, 0.1) is 12.8 Å². The van der Waals surface area contributed by atoms with Gasteiger partial charge >= 0.3 is 0 Å². The Hall–Kier alpha value is -3.51. The first-order valence-electron chi connectivity index (χ1n) is 12.4. The Balaban J connectivity index is 1.50. The van der Waals surface area contributed by atoms with Crippen LogP contribution in [0.3, 0.4) is 0 Å². The summed E-state index contributed by atoms with van der Waals surface area (Å²) >= 11 is 0. The molecule has 0 amide bonds. The molecule has 0 saturated carbocycles. The molecule has 0 radical (unpaired) electrons. The quantitative estimate of drug-likeness (QED) is 0.416. The summed E-state index contributed by atoms with van der Waals surface area (Å²) in [5, 5.41) is 0.779. The molecule has 1 fully saturated rings. The van der Waals surface area contributed by atoms with Crippen molar-refractivity contribution in [2.75, 3.05) is 18.0 Å². The van der Waals surface area contributed by atoms with Crippen molar-refractivity contribution in [1.29, 1.82) is 0 Å². The molecule has 6 heteroatoms. The number of hydrogen-bond donors (Lipinski definition) is 0. The summed E-state index contributed by atoms with van der Waals surface area (Å²) in [7, 11) is 2.02. The van der Waals surface area contributed by atoms with Crippen LogP contribution in [0.5, 0.6) is 0 Å². The number of para-hydroxylation sites is 1. The fourth-order valence-electron chi connectivity index (χ4n) is 5.43. The van der Waals surface area contributed by atoms with E-state index in [4.69, 9.17) is 0 Å². The molecule has 1 aliphatic rings. The van der Waals surface area contributed by atoms with Crippen molar-refractivity contribution in [3.05, 3.63) is 100 Å². The third-order valence-corrected chi connectivity index (χ3v) is 7.06. The molecule has 35 heavy (non-hydrogen) atoms. The standard InChI is InChI=1S/C29H33N5O/c1-21-13-26(20-33(16-21)25-7-6-11-30-15-25)34(17-23-10-12-31-22(2)14-23)19-24-18-32(3)28-9-5-4-8-27(28)29(24)35/h4-12,14-15,18,21,26H,13,16-17,19-20H2,1-3H3/t21-,26+/m1/s1. The van der Waals surface area contributed by atoms with Crippen LogP contribution in [0.1, 0.15) is 30.2 Å². The summed E-state index contributed by atoms with van der Waals surface area (Å²) in [4.78, 5) is 27.1. The van der Waals surface area contributed by atoms with Crippen molar-refractivity contribution in [3.8, 4) is 0 Å². The molecule has 0 aliphatic carbocycles. The van der Waals surface area contributed by atoms with Crippen molar-refractivity contribution in [2.24, 2.45) is 13.0 Å². The summed E-state index contributed by atoms with van der Waals surface area (Å²) in [5.41, 5.74) is 5.32. The minimum absolute atomic E-state index is 0.127. The van der Waals surface area contributed by atoms with Crippen molar-refractivity contribution in [2.45, 2.75) is 39.4 Å². The summed E-state index contributed by atoms with van der Waals surface area (Å²) in [6, 6.07) is 16.5. The number of aromatic nitrogens is 3. The van der Waals surface area contributed by atoms with Crippen molar-refractivity contribution in [1.82, 2.24) is 19.4 Å². The van der Waals surface area contributed by atoms with Gasteiger partial charge in [0, 0.05) is 74.5 Å².